The Labute approximate surface area is 148 Å². The zero-order valence-electron chi connectivity index (χ0n) is 14.3. The number of aryl methyl sites for hydroxylation is 1. The van der Waals surface area contributed by atoms with Crippen LogP contribution in [0.1, 0.15) is 29.0 Å². The maximum atomic E-state index is 9.12. The van der Waals surface area contributed by atoms with Gasteiger partial charge in [-0.15, -0.1) is 0 Å². The zero-order chi connectivity index (χ0) is 16.8. The van der Waals surface area contributed by atoms with E-state index in [0.29, 0.717) is 11.5 Å². The highest BCUT2D eigenvalue weighted by Crippen LogP contribution is 2.46. The molecule has 2 aromatic carbocycles. The Morgan fingerprint density at radius 2 is 2.12 bits per heavy atom. The summed E-state index contributed by atoms with van der Waals surface area (Å²) in [6, 6.07) is 14.6. The molecule has 0 radical (unpaired) electrons. The summed E-state index contributed by atoms with van der Waals surface area (Å²) in [5, 5.41) is 16.2. The molecule has 0 aromatic heterocycles. The molecule has 0 saturated carbocycles. The summed E-state index contributed by atoms with van der Waals surface area (Å²) in [5.74, 6) is 1.37. The fourth-order valence-electron chi connectivity index (χ4n) is 4.81. The van der Waals surface area contributed by atoms with Gasteiger partial charge in [-0.2, -0.15) is 5.26 Å². The van der Waals surface area contributed by atoms with Gasteiger partial charge in [0.25, 0.3) is 0 Å². The van der Waals surface area contributed by atoms with Crippen molar-refractivity contribution in [1.29, 1.82) is 5.26 Å². The minimum Gasteiger partial charge on any atom is -0.371 e. The number of hydrogen-bond donors (Lipinski definition) is 2. The van der Waals surface area contributed by atoms with E-state index in [9.17, 15) is 0 Å². The molecule has 1 fully saturated rings. The lowest BCUT2D eigenvalue weighted by molar-refractivity contribution is 0.470. The van der Waals surface area contributed by atoms with Gasteiger partial charge in [0.2, 0.25) is 0 Å². The SMILES string of the molecule is N#Cc1cccc(Nc2cc3c4c(c2)[C@@H]2CNC[C@@H]2CN4CCC3)c1. The van der Waals surface area contributed by atoms with Crippen molar-refractivity contribution in [2.24, 2.45) is 5.92 Å². The Balaban J connectivity index is 1.56. The van der Waals surface area contributed by atoms with Gasteiger partial charge in [0.15, 0.2) is 0 Å². The second-order valence-electron chi connectivity index (χ2n) is 7.47. The van der Waals surface area contributed by atoms with Gasteiger partial charge in [-0.3, -0.25) is 0 Å². The predicted molar refractivity (Wildman–Crippen MR) is 101 cm³/mol. The predicted octanol–water partition coefficient (Wildman–Crippen LogP) is 3.37. The molecule has 4 nitrogen and oxygen atoms in total. The van der Waals surface area contributed by atoms with Crippen molar-refractivity contribution in [2.75, 3.05) is 36.4 Å². The van der Waals surface area contributed by atoms with Crippen LogP contribution in [0.2, 0.25) is 0 Å². The third-order valence-corrected chi connectivity index (χ3v) is 5.88. The molecule has 0 unspecified atom stereocenters. The van der Waals surface area contributed by atoms with Crippen molar-refractivity contribution in [3.63, 3.8) is 0 Å². The Kier molecular flexibility index (Phi) is 3.43. The van der Waals surface area contributed by atoms with Crippen LogP contribution in [0.25, 0.3) is 0 Å². The first-order valence-corrected chi connectivity index (χ1v) is 9.21. The van der Waals surface area contributed by atoms with Crippen LogP contribution >= 0.6 is 0 Å². The Morgan fingerprint density at radius 1 is 1.16 bits per heavy atom. The van der Waals surface area contributed by atoms with Crippen molar-refractivity contribution in [1.82, 2.24) is 5.32 Å². The fraction of sp³-hybridized carbons (Fsp3) is 0.381. The lowest BCUT2D eigenvalue weighted by Crippen LogP contribution is -2.40. The van der Waals surface area contributed by atoms with E-state index in [1.54, 1.807) is 0 Å². The fourth-order valence-corrected chi connectivity index (χ4v) is 4.81. The summed E-state index contributed by atoms with van der Waals surface area (Å²) in [4.78, 5) is 2.61. The van der Waals surface area contributed by atoms with E-state index in [1.807, 2.05) is 24.3 Å². The van der Waals surface area contributed by atoms with Crippen molar-refractivity contribution >= 4 is 17.1 Å². The van der Waals surface area contributed by atoms with Gasteiger partial charge < -0.3 is 15.5 Å². The number of rotatable bonds is 2. The van der Waals surface area contributed by atoms with Crippen molar-refractivity contribution in [3.8, 4) is 6.07 Å². The van der Waals surface area contributed by atoms with Crippen molar-refractivity contribution in [3.05, 3.63) is 53.1 Å². The molecule has 1 saturated heterocycles. The first-order chi connectivity index (χ1) is 12.3. The molecule has 25 heavy (non-hydrogen) atoms. The highest BCUT2D eigenvalue weighted by molar-refractivity contribution is 5.73. The van der Waals surface area contributed by atoms with Gasteiger partial charge in [-0.05, 0) is 60.2 Å². The van der Waals surface area contributed by atoms with Gasteiger partial charge in [0.05, 0.1) is 11.6 Å². The van der Waals surface area contributed by atoms with Gasteiger partial charge in [0.1, 0.15) is 0 Å². The van der Waals surface area contributed by atoms with E-state index in [1.165, 1.54) is 36.3 Å². The van der Waals surface area contributed by atoms with Crippen LogP contribution in [-0.4, -0.2) is 26.2 Å². The summed E-state index contributed by atoms with van der Waals surface area (Å²) in [5.41, 5.74) is 7.32. The summed E-state index contributed by atoms with van der Waals surface area (Å²) >= 11 is 0. The molecule has 2 N–H and O–H groups in total. The molecule has 126 valence electrons. The molecule has 2 aromatic rings. The summed E-state index contributed by atoms with van der Waals surface area (Å²) in [6.07, 6.45) is 2.40. The summed E-state index contributed by atoms with van der Waals surface area (Å²) in [7, 11) is 0. The van der Waals surface area contributed by atoms with E-state index in [-0.39, 0.29) is 0 Å². The van der Waals surface area contributed by atoms with Crippen LogP contribution in [0.15, 0.2) is 36.4 Å². The number of anilines is 3. The summed E-state index contributed by atoms with van der Waals surface area (Å²) in [6.45, 7) is 4.63. The first-order valence-electron chi connectivity index (χ1n) is 9.21. The molecule has 0 spiro atoms. The maximum Gasteiger partial charge on any atom is 0.0992 e. The first kappa shape index (κ1) is 14.8. The van der Waals surface area contributed by atoms with Crippen LogP contribution in [0.3, 0.4) is 0 Å². The summed E-state index contributed by atoms with van der Waals surface area (Å²) < 4.78 is 0. The Bertz CT molecular complexity index is 867. The molecule has 0 aliphatic carbocycles. The average molecular weight is 330 g/mol. The molecular formula is C21H22N4. The van der Waals surface area contributed by atoms with Crippen LogP contribution in [0, 0.1) is 17.2 Å². The van der Waals surface area contributed by atoms with E-state index in [2.05, 4.69) is 33.7 Å². The standard InChI is InChI=1S/C21H22N4/c22-10-14-3-1-5-17(7-14)24-18-8-15-4-2-6-25-13-16-11-23-12-20(16)19(9-18)21(15)25/h1,3,5,7-9,16,20,23-24H,2,4,6,11-13H2/t16-,20-/m1/s1. The second kappa shape index (κ2) is 5.79. The monoisotopic (exact) mass is 330 g/mol. The second-order valence-corrected chi connectivity index (χ2v) is 7.47. The van der Waals surface area contributed by atoms with Crippen LogP contribution in [0.4, 0.5) is 17.1 Å². The van der Waals surface area contributed by atoms with Gasteiger partial charge in [-0.25, -0.2) is 0 Å². The van der Waals surface area contributed by atoms with Crippen LogP contribution < -0.4 is 15.5 Å². The molecule has 0 amide bonds. The lowest BCUT2D eigenvalue weighted by atomic mass is 9.80. The minimum absolute atomic E-state index is 0.635. The molecule has 2 atom stereocenters. The molecule has 5 rings (SSSR count). The van der Waals surface area contributed by atoms with Crippen LogP contribution in [-0.2, 0) is 6.42 Å². The zero-order valence-corrected chi connectivity index (χ0v) is 14.3. The van der Waals surface area contributed by atoms with E-state index in [4.69, 9.17) is 5.26 Å². The minimum atomic E-state index is 0.635. The number of benzene rings is 2. The van der Waals surface area contributed by atoms with Crippen molar-refractivity contribution < 1.29 is 0 Å². The number of hydrogen-bond acceptors (Lipinski definition) is 4. The van der Waals surface area contributed by atoms with Gasteiger partial charge >= 0.3 is 0 Å². The maximum absolute atomic E-state index is 9.12. The van der Waals surface area contributed by atoms with Gasteiger partial charge in [-0.1, -0.05) is 6.07 Å². The highest BCUT2D eigenvalue weighted by atomic mass is 15.2. The molecule has 3 aliphatic rings. The van der Waals surface area contributed by atoms with Crippen LogP contribution in [0.5, 0.6) is 0 Å². The molecular weight excluding hydrogens is 308 g/mol. The average Bonchev–Trinajstić information content (AvgIpc) is 3.11. The smallest absolute Gasteiger partial charge is 0.0992 e. The lowest BCUT2D eigenvalue weighted by Gasteiger charge is -2.42. The Morgan fingerprint density at radius 3 is 3.04 bits per heavy atom. The number of nitrogens with zero attached hydrogens (tertiary/aromatic N) is 2. The van der Waals surface area contributed by atoms with Gasteiger partial charge in [0, 0.05) is 49.2 Å². The Hall–Kier alpha value is -2.51. The molecule has 4 heteroatoms. The van der Waals surface area contributed by atoms with Crippen molar-refractivity contribution in [2.45, 2.75) is 18.8 Å². The number of nitrogens with one attached hydrogen (secondary N) is 2. The largest absolute Gasteiger partial charge is 0.371 e. The topological polar surface area (TPSA) is 51.1 Å². The quantitative estimate of drug-likeness (QED) is 0.886. The van der Waals surface area contributed by atoms with E-state index >= 15 is 0 Å². The highest BCUT2D eigenvalue weighted by Gasteiger charge is 2.38. The third-order valence-electron chi connectivity index (χ3n) is 5.88. The molecule has 3 heterocycles. The molecule has 0 bridgehead atoms. The van der Waals surface area contributed by atoms with E-state index < -0.39 is 0 Å². The third kappa shape index (κ3) is 2.47. The van der Waals surface area contributed by atoms with E-state index in [0.717, 1.165) is 36.8 Å². The normalized spacial score (nSPS) is 23.6. The molecule has 3 aliphatic heterocycles. The number of nitriles is 1. The number of fused-ring (bicyclic) bond motifs is 2.